The van der Waals surface area contributed by atoms with Gasteiger partial charge in [-0.1, -0.05) is 30.0 Å². The van der Waals surface area contributed by atoms with Crippen molar-refractivity contribution < 1.29 is 14.4 Å². The van der Waals surface area contributed by atoms with Gasteiger partial charge in [-0.15, -0.1) is 0 Å². The lowest BCUT2D eigenvalue weighted by atomic mass is 10.2. The zero-order chi connectivity index (χ0) is 18.4. The van der Waals surface area contributed by atoms with E-state index in [4.69, 9.17) is 0 Å². The van der Waals surface area contributed by atoms with Crippen molar-refractivity contribution in [2.24, 2.45) is 0 Å². The first-order valence-corrected chi connectivity index (χ1v) is 9.88. The summed E-state index contributed by atoms with van der Waals surface area (Å²) in [6, 6.07) is 10.2. The second-order valence-corrected chi connectivity index (χ2v) is 7.38. The van der Waals surface area contributed by atoms with E-state index < -0.39 is 0 Å². The number of hydrogen-bond acceptors (Lipinski definition) is 5. The highest BCUT2D eigenvalue weighted by atomic mass is 32.2. The Morgan fingerprint density at radius 2 is 1.77 bits per heavy atom. The number of thioether (sulfide) groups is 1. The number of carbonyl (C=O) groups excluding carboxylic acids is 3. The molecule has 1 aromatic rings. The molecule has 26 heavy (non-hydrogen) atoms. The van der Waals surface area contributed by atoms with Gasteiger partial charge < -0.3 is 20.0 Å². The molecule has 0 aromatic heterocycles. The van der Waals surface area contributed by atoms with E-state index in [0.717, 1.165) is 18.8 Å². The van der Waals surface area contributed by atoms with E-state index >= 15 is 0 Å². The van der Waals surface area contributed by atoms with E-state index in [0.29, 0.717) is 26.2 Å². The zero-order valence-corrected chi connectivity index (χ0v) is 15.5. The average molecular weight is 376 g/mol. The summed E-state index contributed by atoms with van der Waals surface area (Å²) >= 11 is 1.28. The van der Waals surface area contributed by atoms with Crippen LogP contribution in [0.4, 0.5) is 10.5 Å². The third-order valence-electron chi connectivity index (χ3n) is 4.64. The Labute approximate surface area is 157 Å². The summed E-state index contributed by atoms with van der Waals surface area (Å²) in [6.07, 6.45) is 0.237. The van der Waals surface area contributed by atoms with Crippen LogP contribution in [0.2, 0.25) is 0 Å². The molecular formula is C18H24N4O3S. The van der Waals surface area contributed by atoms with Gasteiger partial charge in [-0.05, 0) is 12.1 Å². The number of carbonyl (C=O) groups is 3. The third kappa shape index (κ3) is 4.91. The molecule has 1 N–H and O–H groups in total. The van der Waals surface area contributed by atoms with E-state index in [2.05, 4.69) is 22.3 Å². The summed E-state index contributed by atoms with van der Waals surface area (Å²) < 4.78 is 0. The van der Waals surface area contributed by atoms with E-state index in [1.165, 1.54) is 17.4 Å². The van der Waals surface area contributed by atoms with Gasteiger partial charge in [0.15, 0.2) is 0 Å². The highest BCUT2D eigenvalue weighted by Gasteiger charge is 2.23. The summed E-state index contributed by atoms with van der Waals surface area (Å²) in [7, 11) is 0. The first-order valence-electron chi connectivity index (χ1n) is 8.89. The molecule has 8 heteroatoms. The number of benzene rings is 1. The molecule has 3 amide bonds. The van der Waals surface area contributed by atoms with Crippen LogP contribution in [0.3, 0.4) is 0 Å². The number of para-hydroxylation sites is 1. The predicted molar refractivity (Wildman–Crippen MR) is 102 cm³/mol. The lowest BCUT2D eigenvalue weighted by Gasteiger charge is -2.36. The van der Waals surface area contributed by atoms with Crippen molar-refractivity contribution in [1.29, 1.82) is 0 Å². The maximum absolute atomic E-state index is 12.3. The molecule has 0 spiro atoms. The maximum Gasteiger partial charge on any atom is 0.281 e. The molecule has 2 saturated heterocycles. The second kappa shape index (κ2) is 8.93. The molecule has 0 unspecified atom stereocenters. The van der Waals surface area contributed by atoms with Crippen LogP contribution in [0, 0.1) is 0 Å². The van der Waals surface area contributed by atoms with E-state index in [1.807, 2.05) is 18.2 Å². The van der Waals surface area contributed by atoms with Crippen LogP contribution in [-0.4, -0.2) is 78.4 Å². The van der Waals surface area contributed by atoms with Crippen molar-refractivity contribution in [3.8, 4) is 0 Å². The quantitative estimate of drug-likeness (QED) is 0.802. The molecule has 0 radical (unpaired) electrons. The summed E-state index contributed by atoms with van der Waals surface area (Å²) in [5, 5.41) is 2.71. The molecule has 0 atom stereocenters. The van der Waals surface area contributed by atoms with Crippen molar-refractivity contribution in [2.45, 2.75) is 6.42 Å². The van der Waals surface area contributed by atoms with Crippen molar-refractivity contribution in [3.05, 3.63) is 30.3 Å². The molecule has 2 aliphatic heterocycles. The van der Waals surface area contributed by atoms with Crippen molar-refractivity contribution in [3.63, 3.8) is 0 Å². The first-order chi connectivity index (χ1) is 12.6. The topological polar surface area (TPSA) is 73.0 Å². The average Bonchev–Trinajstić information content (AvgIpc) is 3.10. The van der Waals surface area contributed by atoms with Crippen LogP contribution in [0.15, 0.2) is 30.3 Å². The fourth-order valence-corrected chi connectivity index (χ4v) is 3.94. The lowest BCUT2D eigenvalue weighted by molar-refractivity contribution is -0.133. The Morgan fingerprint density at radius 1 is 1.04 bits per heavy atom. The molecular weight excluding hydrogens is 352 g/mol. The van der Waals surface area contributed by atoms with Gasteiger partial charge in [0.1, 0.15) is 0 Å². The Hall–Kier alpha value is -2.22. The monoisotopic (exact) mass is 376 g/mol. The maximum atomic E-state index is 12.3. The van der Waals surface area contributed by atoms with Crippen LogP contribution in [0.25, 0.3) is 0 Å². The fraction of sp³-hybridized carbons (Fsp3) is 0.500. The molecule has 0 aliphatic carbocycles. The van der Waals surface area contributed by atoms with Crippen LogP contribution in [0.1, 0.15) is 6.42 Å². The van der Waals surface area contributed by atoms with Crippen LogP contribution >= 0.6 is 11.8 Å². The van der Waals surface area contributed by atoms with Crippen molar-refractivity contribution in [1.82, 2.24) is 15.1 Å². The SMILES string of the molecule is O=C(CCN1CCSC1=O)NCC(=O)N1CCN(c2ccccc2)CC1. The van der Waals surface area contributed by atoms with Crippen LogP contribution in [-0.2, 0) is 9.59 Å². The number of piperazine rings is 1. The number of hydrogen-bond donors (Lipinski definition) is 1. The molecule has 7 nitrogen and oxygen atoms in total. The lowest BCUT2D eigenvalue weighted by Crippen LogP contribution is -2.51. The fourth-order valence-electron chi connectivity index (χ4n) is 3.09. The number of nitrogens with one attached hydrogen (secondary N) is 1. The minimum Gasteiger partial charge on any atom is -0.368 e. The summed E-state index contributed by atoms with van der Waals surface area (Å²) in [5.74, 6) is 0.540. The zero-order valence-electron chi connectivity index (χ0n) is 14.7. The van der Waals surface area contributed by atoms with E-state index in [1.54, 1.807) is 9.80 Å². The van der Waals surface area contributed by atoms with Gasteiger partial charge in [-0.25, -0.2) is 0 Å². The number of amides is 3. The normalized spacial score (nSPS) is 17.5. The Morgan fingerprint density at radius 3 is 2.42 bits per heavy atom. The molecule has 1 aromatic carbocycles. The largest absolute Gasteiger partial charge is 0.368 e. The van der Waals surface area contributed by atoms with E-state index in [9.17, 15) is 14.4 Å². The summed E-state index contributed by atoms with van der Waals surface area (Å²) in [6.45, 7) is 4.03. The van der Waals surface area contributed by atoms with Gasteiger partial charge in [-0.3, -0.25) is 14.4 Å². The van der Waals surface area contributed by atoms with E-state index in [-0.39, 0.29) is 30.0 Å². The van der Waals surface area contributed by atoms with Gasteiger partial charge in [0.2, 0.25) is 11.8 Å². The van der Waals surface area contributed by atoms with Crippen molar-refractivity contribution in [2.75, 3.05) is 56.5 Å². The third-order valence-corrected chi connectivity index (χ3v) is 5.54. The van der Waals surface area contributed by atoms with Gasteiger partial charge in [0.05, 0.1) is 6.54 Å². The molecule has 2 heterocycles. The van der Waals surface area contributed by atoms with Gasteiger partial charge in [0, 0.05) is 57.1 Å². The molecule has 3 rings (SSSR count). The first kappa shape index (κ1) is 18.6. The van der Waals surface area contributed by atoms with Gasteiger partial charge in [0.25, 0.3) is 5.24 Å². The Balaban J connectivity index is 1.35. The Kier molecular flexibility index (Phi) is 6.38. The highest BCUT2D eigenvalue weighted by Crippen LogP contribution is 2.17. The number of rotatable bonds is 6. The molecule has 2 fully saturated rings. The minimum absolute atomic E-state index is 0.0207. The minimum atomic E-state index is -0.189. The van der Waals surface area contributed by atoms with Crippen LogP contribution < -0.4 is 10.2 Å². The summed E-state index contributed by atoms with van der Waals surface area (Å²) in [5.41, 5.74) is 1.17. The second-order valence-electron chi connectivity index (χ2n) is 6.33. The summed E-state index contributed by atoms with van der Waals surface area (Å²) in [4.78, 5) is 41.4. The standard InChI is InChI=1S/C18H24N4O3S/c23-16(6-7-22-12-13-26-18(22)25)19-14-17(24)21-10-8-20(9-11-21)15-4-2-1-3-5-15/h1-5H,6-14H2,(H,19,23). The van der Waals surface area contributed by atoms with Gasteiger partial charge >= 0.3 is 0 Å². The van der Waals surface area contributed by atoms with Crippen LogP contribution in [0.5, 0.6) is 0 Å². The van der Waals surface area contributed by atoms with Gasteiger partial charge in [-0.2, -0.15) is 0 Å². The molecule has 140 valence electrons. The highest BCUT2D eigenvalue weighted by molar-refractivity contribution is 8.13. The molecule has 0 saturated carbocycles. The van der Waals surface area contributed by atoms with Crippen molar-refractivity contribution >= 4 is 34.5 Å². The number of nitrogens with zero attached hydrogens (tertiary/aromatic N) is 3. The molecule has 0 bridgehead atoms. The predicted octanol–water partition coefficient (Wildman–Crippen LogP) is 1.01. The smallest absolute Gasteiger partial charge is 0.281 e. The number of anilines is 1. The Bertz CT molecular complexity index is 647. The molecule has 2 aliphatic rings.